The zero-order valence-electron chi connectivity index (χ0n) is 12.5. The van der Waals surface area contributed by atoms with E-state index in [1.165, 1.54) is 12.4 Å². The van der Waals surface area contributed by atoms with Crippen LogP contribution in [0, 0.1) is 0 Å². The molecule has 23 heavy (non-hydrogen) atoms. The van der Waals surface area contributed by atoms with E-state index in [2.05, 4.69) is 15.1 Å². The molecule has 0 N–H and O–H groups in total. The highest BCUT2D eigenvalue weighted by Gasteiger charge is 2.05. The number of rotatable bonds is 4. The van der Waals surface area contributed by atoms with Crippen LogP contribution in [0.25, 0.3) is 17.5 Å². The summed E-state index contributed by atoms with van der Waals surface area (Å²) in [6.07, 6.45) is 7.88. The van der Waals surface area contributed by atoms with Crippen LogP contribution in [0.5, 0.6) is 5.75 Å². The molecule has 0 saturated heterocycles. The molecule has 3 rings (SSSR count). The predicted octanol–water partition coefficient (Wildman–Crippen LogP) is 2.50. The van der Waals surface area contributed by atoms with Gasteiger partial charge in [-0.3, -0.25) is 4.98 Å². The summed E-state index contributed by atoms with van der Waals surface area (Å²) in [6.45, 7) is 0. The van der Waals surface area contributed by atoms with Crippen LogP contribution in [0.3, 0.4) is 0 Å². The molecule has 0 amide bonds. The maximum Gasteiger partial charge on any atom is 0.336 e. The number of hydrogen-bond donors (Lipinski definition) is 0. The average molecular weight is 306 g/mol. The van der Waals surface area contributed by atoms with Crippen LogP contribution >= 0.6 is 0 Å². The van der Waals surface area contributed by atoms with Gasteiger partial charge >= 0.3 is 5.97 Å². The molecule has 114 valence electrons. The van der Waals surface area contributed by atoms with E-state index in [-0.39, 0.29) is 0 Å². The SMILES string of the molecule is Cn1ncnc1-c1ccc(OC(=O)/C=C/c2ccncc2)cc1. The Morgan fingerprint density at radius 2 is 1.87 bits per heavy atom. The minimum atomic E-state index is -0.437. The fourth-order valence-electron chi connectivity index (χ4n) is 2.02. The first-order chi connectivity index (χ1) is 11.2. The summed E-state index contributed by atoms with van der Waals surface area (Å²) in [7, 11) is 1.82. The molecule has 0 atom stereocenters. The lowest BCUT2D eigenvalue weighted by atomic mass is 10.2. The summed E-state index contributed by atoms with van der Waals surface area (Å²) in [5.74, 6) is 0.786. The standard InChI is InChI=1S/C17H14N4O2/c1-21-17(19-12-20-21)14-3-5-15(6-4-14)23-16(22)7-2-13-8-10-18-11-9-13/h2-12H,1H3/b7-2+. The molecular formula is C17H14N4O2. The summed E-state index contributed by atoms with van der Waals surface area (Å²) < 4.78 is 6.93. The first-order valence-corrected chi connectivity index (χ1v) is 6.97. The molecule has 0 saturated carbocycles. The number of hydrogen-bond acceptors (Lipinski definition) is 5. The molecule has 6 nitrogen and oxygen atoms in total. The Bertz CT molecular complexity index is 823. The number of nitrogens with zero attached hydrogens (tertiary/aromatic N) is 4. The van der Waals surface area contributed by atoms with Gasteiger partial charge in [0, 0.05) is 31.1 Å². The molecule has 0 spiro atoms. The molecule has 0 radical (unpaired) electrons. The van der Waals surface area contributed by atoms with Gasteiger partial charge in [0.1, 0.15) is 12.1 Å². The maximum absolute atomic E-state index is 11.8. The Balaban J connectivity index is 1.65. The number of aromatic nitrogens is 4. The van der Waals surface area contributed by atoms with Crippen molar-refractivity contribution in [3.63, 3.8) is 0 Å². The summed E-state index contributed by atoms with van der Waals surface area (Å²) in [5.41, 5.74) is 1.78. The smallest absolute Gasteiger partial charge is 0.336 e. The van der Waals surface area contributed by atoms with Gasteiger partial charge in [-0.05, 0) is 48.0 Å². The maximum atomic E-state index is 11.8. The second kappa shape index (κ2) is 6.65. The van der Waals surface area contributed by atoms with Gasteiger partial charge in [-0.25, -0.2) is 14.5 Å². The van der Waals surface area contributed by atoms with Crippen LogP contribution in [-0.4, -0.2) is 25.7 Å². The fourth-order valence-corrected chi connectivity index (χ4v) is 2.02. The predicted molar refractivity (Wildman–Crippen MR) is 85.3 cm³/mol. The van der Waals surface area contributed by atoms with Gasteiger partial charge in [-0.1, -0.05) is 0 Å². The van der Waals surface area contributed by atoms with Crippen molar-refractivity contribution in [3.05, 3.63) is 66.8 Å². The van der Waals surface area contributed by atoms with Crippen LogP contribution in [0.1, 0.15) is 5.56 Å². The molecule has 6 heteroatoms. The lowest BCUT2D eigenvalue weighted by molar-refractivity contribution is -0.128. The van der Waals surface area contributed by atoms with Crippen molar-refractivity contribution in [2.75, 3.05) is 0 Å². The Hall–Kier alpha value is -3.28. The van der Waals surface area contributed by atoms with E-state index in [1.807, 2.05) is 19.2 Å². The van der Waals surface area contributed by atoms with Crippen molar-refractivity contribution in [2.24, 2.45) is 7.05 Å². The first-order valence-electron chi connectivity index (χ1n) is 6.97. The molecule has 0 aliphatic heterocycles. The van der Waals surface area contributed by atoms with Gasteiger partial charge in [0.2, 0.25) is 0 Å². The zero-order valence-corrected chi connectivity index (χ0v) is 12.5. The first kappa shape index (κ1) is 14.6. The highest BCUT2D eigenvalue weighted by Crippen LogP contribution is 2.20. The Morgan fingerprint density at radius 3 is 2.52 bits per heavy atom. The molecule has 2 heterocycles. The van der Waals surface area contributed by atoms with Crippen LogP contribution in [0.4, 0.5) is 0 Å². The van der Waals surface area contributed by atoms with Gasteiger partial charge in [0.25, 0.3) is 0 Å². The molecule has 2 aromatic heterocycles. The third-order valence-corrected chi connectivity index (χ3v) is 3.16. The van der Waals surface area contributed by atoms with Crippen molar-refractivity contribution in [1.82, 2.24) is 19.7 Å². The Labute approximate surface area is 133 Å². The van der Waals surface area contributed by atoms with Crippen LogP contribution in [-0.2, 0) is 11.8 Å². The van der Waals surface area contributed by atoms with Gasteiger partial charge in [0.05, 0.1) is 0 Å². The van der Waals surface area contributed by atoms with E-state index in [4.69, 9.17) is 4.74 Å². The monoisotopic (exact) mass is 306 g/mol. The molecule has 1 aromatic carbocycles. The molecule has 0 aliphatic rings. The largest absolute Gasteiger partial charge is 0.423 e. The number of aryl methyl sites for hydroxylation is 1. The van der Waals surface area contributed by atoms with E-state index in [0.29, 0.717) is 5.75 Å². The average Bonchev–Trinajstić information content (AvgIpc) is 3.01. The molecule has 0 bridgehead atoms. The second-order valence-corrected chi connectivity index (χ2v) is 4.77. The van der Waals surface area contributed by atoms with Crippen molar-refractivity contribution >= 4 is 12.0 Å². The van der Waals surface area contributed by atoms with E-state index >= 15 is 0 Å². The fraction of sp³-hybridized carbons (Fsp3) is 0.0588. The summed E-state index contributed by atoms with van der Waals surface area (Å²) in [5, 5.41) is 4.02. The third kappa shape index (κ3) is 3.68. The quantitative estimate of drug-likeness (QED) is 0.421. The van der Waals surface area contributed by atoms with Crippen molar-refractivity contribution in [2.45, 2.75) is 0 Å². The molecule has 0 aliphatic carbocycles. The van der Waals surface area contributed by atoms with E-state index in [9.17, 15) is 4.79 Å². The summed E-state index contributed by atoms with van der Waals surface area (Å²) in [6, 6.07) is 10.7. The summed E-state index contributed by atoms with van der Waals surface area (Å²) in [4.78, 5) is 19.9. The van der Waals surface area contributed by atoms with E-state index in [0.717, 1.165) is 17.0 Å². The van der Waals surface area contributed by atoms with Gasteiger partial charge < -0.3 is 4.74 Å². The summed E-state index contributed by atoms with van der Waals surface area (Å²) >= 11 is 0. The van der Waals surface area contributed by atoms with E-state index < -0.39 is 5.97 Å². The minimum Gasteiger partial charge on any atom is -0.423 e. The lowest BCUT2D eigenvalue weighted by Crippen LogP contribution is -2.03. The van der Waals surface area contributed by atoms with Gasteiger partial charge in [0.15, 0.2) is 5.82 Å². The highest BCUT2D eigenvalue weighted by molar-refractivity contribution is 5.88. The third-order valence-electron chi connectivity index (χ3n) is 3.16. The van der Waals surface area contributed by atoms with Crippen molar-refractivity contribution in [3.8, 4) is 17.1 Å². The van der Waals surface area contributed by atoms with Crippen molar-refractivity contribution < 1.29 is 9.53 Å². The number of esters is 1. The zero-order chi connectivity index (χ0) is 16.1. The molecule has 0 fully saturated rings. The molecular weight excluding hydrogens is 292 g/mol. The van der Waals surface area contributed by atoms with Crippen molar-refractivity contribution in [1.29, 1.82) is 0 Å². The number of pyridine rings is 1. The van der Waals surface area contributed by atoms with Gasteiger partial charge in [-0.15, -0.1) is 0 Å². The van der Waals surface area contributed by atoms with E-state index in [1.54, 1.807) is 47.4 Å². The normalized spacial score (nSPS) is 10.8. The minimum absolute atomic E-state index is 0.437. The topological polar surface area (TPSA) is 69.9 Å². The Kier molecular flexibility index (Phi) is 4.24. The van der Waals surface area contributed by atoms with Crippen LogP contribution in [0.2, 0.25) is 0 Å². The number of benzene rings is 1. The molecule has 3 aromatic rings. The molecule has 0 unspecified atom stereocenters. The number of ether oxygens (including phenoxy) is 1. The number of carbonyl (C=O) groups is 1. The highest BCUT2D eigenvalue weighted by atomic mass is 16.5. The lowest BCUT2D eigenvalue weighted by Gasteiger charge is -2.03. The Morgan fingerprint density at radius 1 is 1.13 bits per heavy atom. The van der Waals surface area contributed by atoms with Crippen LogP contribution < -0.4 is 4.74 Å². The second-order valence-electron chi connectivity index (χ2n) is 4.77. The number of carbonyl (C=O) groups excluding carboxylic acids is 1. The van der Waals surface area contributed by atoms with Crippen LogP contribution in [0.15, 0.2) is 61.2 Å². The van der Waals surface area contributed by atoms with Gasteiger partial charge in [-0.2, -0.15) is 5.10 Å².